The molecule has 0 aromatic rings. The van der Waals surface area contributed by atoms with Crippen molar-refractivity contribution in [3.05, 3.63) is 0 Å². The molecule has 0 aliphatic heterocycles. The van der Waals surface area contributed by atoms with Gasteiger partial charge in [0.2, 0.25) is 0 Å². The van der Waals surface area contributed by atoms with E-state index in [4.69, 9.17) is 5.73 Å². The Morgan fingerprint density at radius 2 is 2.08 bits per heavy atom. The lowest BCUT2D eigenvalue weighted by atomic mass is 10.4. The summed E-state index contributed by atoms with van der Waals surface area (Å²) in [5.41, 5.74) is 5.45. The number of amidine groups is 1. The Kier molecular flexibility index (Phi) is 4.23. The fraction of sp³-hybridized carbons (Fsp3) is 0.857. The van der Waals surface area contributed by atoms with Crippen molar-refractivity contribution in [1.82, 2.24) is 0 Å². The van der Waals surface area contributed by atoms with E-state index in [1.54, 1.807) is 6.92 Å². The molecule has 0 heterocycles. The minimum Gasteiger partial charge on any atom is -0.387 e. The van der Waals surface area contributed by atoms with E-state index in [9.17, 15) is 8.42 Å². The number of hydrogen-bond acceptors (Lipinski definition) is 3. The van der Waals surface area contributed by atoms with Gasteiger partial charge in [0.15, 0.2) is 0 Å². The molecule has 0 bridgehead atoms. The molecule has 0 radical (unpaired) electrons. The molecule has 0 amide bonds. The Bertz CT molecular complexity index is 257. The maximum atomic E-state index is 10.8. The van der Waals surface area contributed by atoms with Gasteiger partial charge < -0.3 is 5.73 Å². The van der Waals surface area contributed by atoms with Crippen LogP contribution in [0.3, 0.4) is 0 Å². The minimum atomic E-state index is -2.94. The van der Waals surface area contributed by atoms with Crippen molar-refractivity contribution in [2.45, 2.75) is 26.3 Å². The number of nitrogens with two attached hydrogens (primary N) is 1. The Hall–Kier alpha value is -0.580. The highest BCUT2D eigenvalue weighted by Gasteiger charge is 2.08. The van der Waals surface area contributed by atoms with Gasteiger partial charge in [0.05, 0.1) is 17.6 Å². The van der Waals surface area contributed by atoms with Gasteiger partial charge in [0, 0.05) is 12.7 Å². The van der Waals surface area contributed by atoms with E-state index in [1.807, 2.05) is 6.92 Å². The van der Waals surface area contributed by atoms with E-state index in [0.717, 1.165) is 0 Å². The van der Waals surface area contributed by atoms with Gasteiger partial charge >= 0.3 is 0 Å². The van der Waals surface area contributed by atoms with Crippen molar-refractivity contribution in [1.29, 1.82) is 0 Å². The van der Waals surface area contributed by atoms with E-state index in [2.05, 4.69) is 4.99 Å². The van der Waals surface area contributed by atoms with Crippen LogP contribution in [0.15, 0.2) is 4.99 Å². The van der Waals surface area contributed by atoms with Crippen molar-refractivity contribution >= 4 is 15.7 Å². The summed E-state index contributed by atoms with van der Waals surface area (Å²) in [6.07, 6.45) is 1.86. The zero-order chi connectivity index (χ0) is 9.78. The second-order valence-electron chi connectivity index (χ2n) is 2.92. The molecule has 12 heavy (non-hydrogen) atoms. The monoisotopic (exact) mass is 192 g/mol. The third kappa shape index (κ3) is 6.15. The summed E-state index contributed by atoms with van der Waals surface area (Å²) >= 11 is 0. The van der Waals surface area contributed by atoms with Crippen LogP contribution in [0.1, 0.15) is 20.3 Å². The normalized spacial score (nSPS) is 16.1. The first-order valence-corrected chi connectivity index (χ1v) is 5.91. The molecule has 5 heteroatoms. The van der Waals surface area contributed by atoms with Gasteiger partial charge in [-0.3, -0.25) is 4.99 Å². The highest BCUT2D eigenvalue weighted by atomic mass is 32.2. The van der Waals surface area contributed by atoms with Crippen LogP contribution < -0.4 is 5.73 Å². The maximum absolute atomic E-state index is 10.8. The zero-order valence-corrected chi connectivity index (χ0v) is 8.56. The summed E-state index contributed by atoms with van der Waals surface area (Å²) in [4.78, 5) is 4.00. The predicted molar refractivity (Wildman–Crippen MR) is 51.1 cm³/mol. The summed E-state index contributed by atoms with van der Waals surface area (Å²) in [6, 6.07) is -0.236. The van der Waals surface area contributed by atoms with Gasteiger partial charge in [0.25, 0.3) is 0 Å². The lowest BCUT2D eigenvalue weighted by Gasteiger charge is -2.05. The summed E-state index contributed by atoms with van der Waals surface area (Å²) in [6.45, 7) is 3.62. The van der Waals surface area contributed by atoms with Crippen LogP contribution in [0.2, 0.25) is 0 Å². The van der Waals surface area contributed by atoms with Crippen LogP contribution in [0.4, 0.5) is 0 Å². The molecule has 72 valence electrons. The second kappa shape index (κ2) is 4.45. The molecule has 0 rings (SSSR count). The molecule has 0 fully saturated rings. The molecular formula is C7H16N2O2S. The van der Waals surface area contributed by atoms with Crippen LogP contribution in [0.5, 0.6) is 0 Å². The lowest BCUT2D eigenvalue weighted by Crippen LogP contribution is -2.20. The number of nitrogens with zero attached hydrogens (tertiary/aromatic N) is 1. The molecule has 0 aromatic heterocycles. The van der Waals surface area contributed by atoms with Gasteiger partial charge in [-0.15, -0.1) is 0 Å². The molecule has 0 spiro atoms. The molecular weight excluding hydrogens is 176 g/mol. The van der Waals surface area contributed by atoms with E-state index >= 15 is 0 Å². The van der Waals surface area contributed by atoms with Crippen LogP contribution in [-0.2, 0) is 9.84 Å². The van der Waals surface area contributed by atoms with Gasteiger partial charge in [0.1, 0.15) is 9.84 Å². The number of sulfone groups is 1. The van der Waals surface area contributed by atoms with Crippen LogP contribution >= 0.6 is 0 Å². The number of rotatable bonds is 4. The topological polar surface area (TPSA) is 72.5 Å². The fourth-order valence-electron chi connectivity index (χ4n) is 0.850. The maximum Gasteiger partial charge on any atom is 0.149 e. The first-order valence-electron chi connectivity index (χ1n) is 3.85. The first-order chi connectivity index (χ1) is 5.35. The van der Waals surface area contributed by atoms with Gasteiger partial charge in [-0.05, 0) is 6.92 Å². The summed E-state index contributed by atoms with van der Waals surface area (Å²) in [5.74, 6) is 0.569. The molecule has 0 aliphatic rings. The SMILES string of the molecule is CCC(N)=NC(C)CS(C)(=O)=O. The Morgan fingerprint density at radius 1 is 1.58 bits per heavy atom. The van der Waals surface area contributed by atoms with Crippen LogP contribution in [0.25, 0.3) is 0 Å². The molecule has 0 saturated heterocycles. The third-order valence-electron chi connectivity index (χ3n) is 1.29. The fourth-order valence-corrected chi connectivity index (χ4v) is 1.80. The van der Waals surface area contributed by atoms with E-state index in [0.29, 0.717) is 12.3 Å². The van der Waals surface area contributed by atoms with E-state index in [-0.39, 0.29) is 11.8 Å². The Balaban J connectivity index is 4.16. The molecule has 0 aliphatic carbocycles. The molecule has 0 saturated carbocycles. The van der Waals surface area contributed by atoms with Gasteiger partial charge in [-0.25, -0.2) is 8.42 Å². The summed E-state index contributed by atoms with van der Waals surface area (Å²) < 4.78 is 21.6. The average Bonchev–Trinajstić information content (AvgIpc) is 1.82. The largest absolute Gasteiger partial charge is 0.387 e. The highest BCUT2D eigenvalue weighted by Crippen LogP contribution is 1.96. The standard InChI is InChI=1S/C7H16N2O2S/c1-4-7(8)9-6(2)5-12(3,10)11/h6H,4-5H2,1-3H3,(H2,8,9). The summed E-state index contributed by atoms with van der Waals surface area (Å²) in [5, 5.41) is 0. The lowest BCUT2D eigenvalue weighted by molar-refractivity contribution is 0.596. The predicted octanol–water partition coefficient (Wildman–Crippen LogP) is 0.187. The van der Waals surface area contributed by atoms with Crippen LogP contribution in [0, 0.1) is 0 Å². The van der Waals surface area contributed by atoms with Crippen molar-refractivity contribution in [2.24, 2.45) is 10.7 Å². The highest BCUT2D eigenvalue weighted by molar-refractivity contribution is 7.90. The van der Waals surface area contributed by atoms with Crippen LogP contribution in [-0.4, -0.2) is 32.3 Å². The number of hydrogen-bond donors (Lipinski definition) is 1. The minimum absolute atomic E-state index is 0.0632. The quantitative estimate of drug-likeness (QED) is 0.510. The molecule has 0 aromatic carbocycles. The zero-order valence-electron chi connectivity index (χ0n) is 7.74. The van der Waals surface area contributed by atoms with E-state index < -0.39 is 9.84 Å². The third-order valence-corrected chi connectivity index (χ3v) is 2.38. The van der Waals surface area contributed by atoms with Gasteiger partial charge in [-0.2, -0.15) is 0 Å². The average molecular weight is 192 g/mol. The Morgan fingerprint density at radius 3 is 2.42 bits per heavy atom. The molecule has 2 N–H and O–H groups in total. The van der Waals surface area contributed by atoms with Crippen molar-refractivity contribution in [2.75, 3.05) is 12.0 Å². The second-order valence-corrected chi connectivity index (χ2v) is 5.10. The summed E-state index contributed by atoms with van der Waals surface area (Å²) in [7, 11) is -2.94. The van der Waals surface area contributed by atoms with E-state index in [1.165, 1.54) is 6.26 Å². The number of aliphatic imine (C=N–C) groups is 1. The molecule has 1 atom stereocenters. The van der Waals surface area contributed by atoms with Crippen molar-refractivity contribution < 1.29 is 8.42 Å². The van der Waals surface area contributed by atoms with Gasteiger partial charge in [-0.1, -0.05) is 6.92 Å². The smallest absolute Gasteiger partial charge is 0.149 e. The van der Waals surface area contributed by atoms with Crippen molar-refractivity contribution in [3.63, 3.8) is 0 Å². The molecule has 4 nitrogen and oxygen atoms in total. The Labute approximate surface area is 73.8 Å². The van der Waals surface area contributed by atoms with Crippen molar-refractivity contribution in [3.8, 4) is 0 Å². The molecule has 1 unspecified atom stereocenters. The first kappa shape index (κ1) is 11.4.